The number of nitrogens with zero attached hydrogens (tertiary/aromatic N) is 2. The second-order valence-electron chi connectivity index (χ2n) is 1.82. The molecule has 9 heavy (non-hydrogen) atoms. The fraction of sp³-hybridized carbons (Fsp3) is 0.500. The van der Waals surface area contributed by atoms with Crippen molar-refractivity contribution in [3.8, 4) is 0 Å². The zero-order valence-electron chi connectivity index (χ0n) is 5.41. The molecule has 0 aliphatic carbocycles. The second kappa shape index (κ2) is 2.64. The van der Waals surface area contributed by atoms with Gasteiger partial charge in [-0.2, -0.15) is 5.10 Å². The van der Waals surface area contributed by atoms with E-state index in [2.05, 4.69) is 5.10 Å². The van der Waals surface area contributed by atoms with Crippen LogP contribution in [0.5, 0.6) is 0 Å². The maximum absolute atomic E-state index is 8.64. The van der Waals surface area contributed by atoms with Crippen molar-refractivity contribution in [3.05, 3.63) is 18.0 Å². The molecule has 1 heterocycles. The van der Waals surface area contributed by atoms with Gasteiger partial charge in [-0.3, -0.25) is 0 Å². The van der Waals surface area contributed by atoms with Crippen molar-refractivity contribution < 1.29 is 5.11 Å². The maximum Gasteiger partial charge on any atom is 0.136 e. The Labute approximate surface area is 53.9 Å². The molecular weight excluding hydrogens is 116 g/mol. The quantitative estimate of drug-likeness (QED) is 0.622. The van der Waals surface area contributed by atoms with Crippen molar-refractivity contribution in [1.29, 1.82) is 0 Å². The molecule has 0 saturated carbocycles. The van der Waals surface area contributed by atoms with Crippen LogP contribution in [0.15, 0.2) is 12.3 Å². The predicted molar refractivity (Wildman–Crippen MR) is 33.8 cm³/mol. The Kier molecular flexibility index (Phi) is 1.85. The molecule has 1 rings (SSSR count). The minimum Gasteiger partial charge on any atom is -0.374 e. The number of aromatic nitrogens is 2. The molecule has 0 radical (unpaired) electrons. The van der Waals surface area contributed by atoms with Crippen LogP contribution in [-0.2, 0) is 13.2 Å². The van der Waals surface area contributed by atoms with Gasteiger partial charge in [-0.1, -0.05) is 6.92 Å². The lowest BCUT2D eigenvalue weighted by Crippen LogP contribution is -2.02. The molecule has 3 heteroatoms. The highest BCUT2D eigenvalue weighted by molar-refractivity contribution is 4.98. The third kappa shape index (κ3) is 1.10. The van der Waals surface area contributed by atoms with Gasteiger partial charge in [0.05, 0.1) is 0 Å². The molecule has 0 aliphatic rings. The minimum atomic E-state index is -0.0177. The van der Waals surface area contributed by atoms with Crippen LogP contribution in [0.3, 0.4) is 0 Å². The standard InChI is InChI=1S/C6H10N2O/c1-2-6-3-4-7-8(6)5-9/h3-4,9H,2,5H2,1H3. The van der Waals surface area contributed by atoms with Gasteiger partial charge in [0.15, 0.2) is 0 Å². The Balaban J connectivity index is 2.85. The second-order valence-corrected chi connectivity index (χ2v) is 1.82. The van der Waals surface area contributed by atoms with Crippen LogP contribution in [0.4, 0.5) is 0 Å². The lowest BCUT2D eigenvalue weighted by molar-refractivity contribution is 0.191. The highest BCUT2D eigenvalue weighted by Crippen LogP contribution is 1.96. The van der Waals surface area contributed by atoms with Crippen LogP contribution < -0.4 is 0 Å². The zero-order chi connectivity index (χ0) is 6.69. The lowest BCUT2D eigenvalue weighted by Gasteiger charge is -1.97. The first-order chi connectivity index (χ1) is 4.38. The van der Waals surface area contributed by atoms with Crippen molar-refractivity contribution in [2.45, 2.75) is 20.1 Å². The molecule has 3 nitrogen and oxygen atoms in total. The topological polar surface area (TPSA) is 38.0 Å². The predicted octanol–water partition coefficient (Wildman–Crippen LogP) is 0.395. The highest BCUT2D eigenvalue weighted by atomic mass is 16.3. The number of aryl methyl sites for hydroxylation is 1. The zero-order valence-corrected chi connectivity index (χ0v) is 5.41. The number of aliphatic hydroxyl groups excluding tert-OH is 1. The third-order valence-electron chi connectivity index (χ3n) is 1.30. The molecule has 0 atom stereocenters. The van der Waals surface area contributed by atoms with E-state index >= 15 is 0 Å². The first-order valence-electron chi connectivity index (χ1n) is 3.00. The molecule has 0 unspecified atom stereocenters. The molecule has 0 saturated heterocycles. The average Bonchev–Trinajstić information content (AvgIpc) is 2.33. The van der Waals surface area contributed by atoms with Crippen LogP contribution in [0, 0.1) is 0 Å². The van der Waals surface area contributed by atoms with Gasteiger partial charge in [-0.15, -0.1) is 0 Å². The van der Waals surface area contributed by atoms with Gasteiger partial charge in [0.2, 0.25) is 0 Å². The fourth-order valence-electron chi connectivity index (χ4n) is 0.788. The van der Waals surface area contributed by atoms with Gasteiger partial charge in [0.1, 0.15) is 6.73 Å². The van der Waals surface area contributed by atoms with E-state index in [1.54, 1.807) is 10.9 Å². The Bertz CT molecular complexity index is 164. The summed E-state index contributed by atoms with van der Waals surface area (Å²) in [5.41, 5.74) is 1.07. The smallest absolute Gasteiger partial charge is 0.136 e. The van der Waals surface area contributed by atoms with Gasteiger partial charge in [-0.25, -0.2) is 4.68 Å². The van der Waals surface area contributed by atoms with E-state index in [1.165, 1.54) is 0 Å². The van der Waals surface area contributed by atoms with E-state index in [1.807, 2.05) is 13.0 Å². The number of hydrogen-bond donors (Lipinski definition) is 1. The van der Waals surface area contributed by atoms with Gasteiger partial charge in [0, 0.05) is 11.9 Å². The Morgan fingerprint density at radius 2 is 2.56 bits per heavy atom. The molecule has 0 bridgehead atoms. The van der Waals surface area contributed by atoms with Crippen LogP contribution in [0.25, 0.3) is 0 Å². The van der Waals surface area contributed by atoms with E-state index in [4.69, 9.17) is 5.11 Å². The van der Waals surface area contributed by atoms with Crippen molar-refractivity contribution in [2.75, 3.05) is 0 Å². The van der Waals surface area contributed by atoms with E-state index in [-0.39, 0.29) is 6.73 Å². The summed E-state index contributed by atoms with van der Waals surface area (Å²) in [5, 5.41) is 12.5. The van der Waals surface area contributed by atoms with E-state index in [0.717, 1.165) is 12.1 Å². The SMILES string of the molecule is CCc1ccnn1CO. The summed E-state index contributed by atoms with van der Waals surface area (Å²) in [6.07, 6.45) is 2.61. The maximum atomic E-state index is 8.64. The minimum absolute atomic E-state index is 0.0177. The third-order valence-corrected chi connectivity index (χ3v) is 1.30. The Hall–Kier alpha value is -0.830. The van der Waals surface area contributed by atoms with E-state index in [0.29, 0.717) is 0 Å². The first-order valence-corrected chi connectivity index (χ1v) is 3.00. The average molecular weight is 126 g/mol. The summed E-state index contributed by atoms with van der Waals surface area (Å²) in [6.45, 7) is 2.01. The van der Waals surface area contributed by atoms with Crippen molar-refractivity contribution in [2.24, 2.45) is 0 Å². The monoisotopic (exact) mass is 126 g/mol. The fourth-order valence-corrected chi connectivity index (χ4v) is 0.788. The summed E-state index contributed by atoms with van der Waals surface area (Å²) in [4.78, 5) is 0. The molecule has 0 fully saturated rings. The van der Waals surface area contributed by atoms with Gasteiger partial charge < -0.3 is 5.11 Å². The number of hydrogen-bond acceptors (Lipinski definition) is 2. The summed E-state index contributed by atoms with van der Waals surface area (Å²) >= 11 is 0. The van der Waals surface area contributed by atoms with Crippen LogP contribution in [0.2, 0.25) is 0 Å². The Morgan fingerprint density at radius 3 is 3.00 bits per heavy atom. The van der Waals surface area contributed by atoms with Gasteiger partial charge in [0.25, 0.3) is 0 Å². The summed E-state index contributed by atoms with van der Waals surface area (Å²) in [6, 6.07) is 1.90. The normalized spacial score (nSPS) is 10.0. The molecule has 1 aromatic heterocycles. The van der Waals surface area contributed by atoms with Crippen LogP contribution in [-0.4, -0.2) is 14.9 Å². The lowest BCUT2D eigenvalue weighted by atomic mass is 10.3. The largest absolute Gasteiger partial charge is 0.374 e. The number of rotatable bonds is 2. The van der Waals surface area contributed by atoms with Crippen LogP contribution >= 0.6 is 0 Å². The summed E-state index contributed by atoms with van der Waals surface area (Å²) < 4.78 is 1.57. The molecule has 0 aromatic carbocycles. The first kappa shape index (κ1) is 6.29. The highest BCUT2D eigenvalue weighted by Gasteiger charge is 1.94. The summed E-state index contributed by atoms with van der Waals surface area (Å²) in [7, 11) is 0. The summed E-state index contributed by atoms with van der Waals surface area (Å²) in [5.74, 6) is 0. The molecule has 1 aromatic rings. The van der Waals surface area contributed by atoms with E-state index in [9.17, 15) is 0 Å². The molecular formula is C6H10N2O. The van der Waals surface area contributed by atoms with Crippen LogP contribution in [0.1, 0.15) is 12.6 Å². The molecule has 1 N–H and O–H groups in total. The molecule has 0 spiro atoms. The Morgan fingerprint density at radius 1 is 1.78 bits per heavy atom. The number of aliphatic hydroxyl groups is 1. The van der Waals surface area contributed by atoms with Crippen molar-refractivity contribution >= 4 is 0 Å². The molecule has 50 valence electrons. The molecule has 0 amide bonds. The van der Waals surface area contributed by atoms with E-state index < -0.39 is 0 Å². The van der Waals surface area contributed by atoms with Crippen molar-refractivity contribution in [1.82, 2.24) is 9.78 Å². The van der Waals surface area contributed by atoms with Gasteiger partial charge >= 0.3 is 0 Å². The van der Waals surface area contributed by atoms with Crippen molar-refractivity contribution in [3.63, 3.8) is 0 Å². The molecule has 0 aliphatic heterocycles. The van der Waals surface area contributed by atoms with Gasteiger partial charge in [-0.05, 0) is 12.5 Å².